The molecule has 0 aliphatic carbocycles. The van der Waals surface area contributed by atoms with Gasteiger partial charge in [0.25, 0.3) is 0 Å². The molecule has 1 aromatic rings. The van der Waals surface area contributed by atoms with Crippen molar-refractivity contribution in [3.63, 3.8) is 0 Å². The minimum atomic E-state index is -3.74. The van der Waals surface area contributed by atoms with Gasteiger partial charge in [-0.25, -0.2) is 8.42 Å². The zero-order valence-electron chi connectivity index (χ0n) is 14.7. The highest BCUT2D eigenvalue weighted by Crippen LogP contribution is 2.24. The molecule has 1 heterocycles. The van der Waals surface area contributed by atoms with Crippen LogP contribution >= 0.6 is 11.6 Å². The minimum absolute atomic E-state index is 0.185. The van der Waals surface area contributed by atoms with Crippen LogP contribution in [0.3, 0.4) is 0 Å². The molecule has 1 aliphatic rings. The summed E-state index contributed by atoms with van der Waals surface area (Å²) in [5.41, 5.74) is 0. The maximum Gasteiger partial charge on any atom is 0.243 e. The second-order valence-electron chi connectivity index (χ2n) is 6.43. The van der Waals surface area contributed by atoms with Crippen LogP contribution < -0.4 is 5.32 Å². The Kier molecular flexibility index (Phi) is 7.72. The van der Waals surface area contributed by atoms with E-state index >= 15 is 0 Å². The molecular formula is C18H27ClN2O3S. The van der Waals surface area contributed by atoms with Crippen molar-refractivity contribution in [3.05, 3.63) is 29.3 Å². The van der Waals surface area contributed by atoms with Crippen LogP contribution in [0.4, 0.5) is 0 Å². The average Bonchev–Trinajstić information content (AvgIpc) is 2.80. The predicted octanol–water partition coefficient (Wildman–Crippen LogP) is 3.58. The first kappa shape index (κ1) is 20.2. The standard InChI is InChI=1S/C18H27ClN2O3S/c1-2-3-4-7-14-21(17-8-5-6-13-20-18(17)22)25(23,24)16-11-9-15(19)10-12-16/h9-12,17H,2-8,13-14H2,1H3,(H,20,22). The van der Waals surface area contributed by atoms with E-state index in [1.165, 1.54) is 16.4 Å². The van der Waals surface area contributed by atoms with Gasteiger partial charge >= 0.3 is 0 Å². The van der Waals surface area contributed by atoms with E-state index in [0.29, 0.717) is 24.5 Å². The zero-order valence-corrected chi connectivity index (χ0v) is 16.3. The van der Waals surface area contributed by atoms with Crippen molar-refractivity contribution in [1.82, 2.24) is 9.62 Å². The summed E-state index contributed by atoms with van der Waals surface area (Å²) in [4.78, 5) is 12.6. The third-order valence-corrected chi connectivity index (χ3v) is 6.68. The molecule has 1 unspecified atom stereocenters. The molecule has 1 fully saturated rings. The van der Waals surface area contributed by atoms with Gasteiger partial charge in [-0.1, -0.05) is 37.8 Å². The molecule has 2 rings (SSSR count). The van der Waals surface area contributed by atoms with Crippen LogP contribution in [0.15, 0.2) is 29.2 Å². The number of benzene rings is 1. The molecular weight excluding hydrogens is 360 g/mol. The number of hydrogen-bond acceptors (Lipinski definition) is 3. The molecule has 0 bridgehead atoms. The summed E-state index contributed by atoms with van der Waals surface area (Å²) in [6, 6.07) is 5.51. The van der Waals surface area contributed by atoms with E-state index in [0.717, 1.165) is 38.5 Å². The number of rotatable bonds is 8. The number of carbonyl (C=O) groups excluding carboxylic acids is 1. The van der Waals surface area contributed by atoms with E-state index < -0.39 is 16.1 Å². The van der Waals surface area contributed by atoms with Crippen LogP contribution in [0.2, 0.25) is 5.02 Å². The molecule has 25 heavy (non-hydrogen) atoms. The second-order valence-corrected chi connectivity index (χ2v) is 8.76. The quantitative estimate of drug-likeness (QED) is 0.694. The van der Waals surface area contributed by atoms with Gasteiger partial charge in [0.2, 0.25) is 15.9 Å². The smallest absolute Gasteiger partial charge is 0.243 e. The molecule has 1 atom stereocenters. The summed E-state index contributed by atoms with van der Waals surface area (Å²) in [5, 5.41) is 3.33. The van der Waals surface area contributed by atoms with Crippen molar-refractivity contribution in [2.24, 2.45) is 0 Å². The third-order valence-electron chi connectivity index (χ3n) is 4.51. The van der Waals surface area contributed by atoms with Crippen molar-refractivity contribution in [3.8, 4) is 0 Å². The van der Waals surface area contributed by atoms with Gasteiger partial charge in [-0.3, -0.25) is 4.79 Å². The van der Waals surface area contributed by atoms with E-state index in [2.05, 4.69) is 12.2 Å². The predicted molar refractivity (Wildman–Crippen MR) is 100 cm³/mol. The highest BCUT2D eigenvalue weighted by Gasteiger charge is 2.35. The lowest BCUT2D eigenvalue weighted by atomic mass is 10.1. The Labute approximate surface area is 155 Å². The normalized spacial score (nSPS) is 18.8. The monoisotopic (exact) mass is 386 g/mol. The zero-order chi connectivity index (χ0) is 18.3. The maximum atomic E-state index is 13.2. The maximum absolute atomic E-state index is 13.2. The molecule has 7 heteroatoms. The van der Waals surface area contributed by atoms with Crippen molar-refractivity contribution >= 4 is 27.5 Å². The first-order valence-electron chi connectivity index (χ1n) is 9.02. The van der Waals surface area contributed by atoms with E-state index in [4.69, 9.17) is 11.6 Å². The van der Waals surface area contributed by atoms with Crippen LogP contribution in [0, 0.1) is 0 Å². The summed E-state index contributed by atoms with van der Waals surface area (Å²) in [7, 11) is -3.74. The number of hydrogen-bond donors (Lipinski definition) is 1. The Bertz CT molecular complexity index is 661. The first-order valence-corrected chi connectivity index (χ1v) is 10.8. The van der Waals surface area contributed by atoms with Gasteiger partial charge in [-0.15, -0.1) is 0 Å². The number of amides is 1. The Morgan fingerprint density at radius 3 is 2.56 bits per heavy atom. The first-order chi connectivity index (χ1) is 12.0. The number of nitrogens with zero attached hydrogens (tertiary/aromatic N) is 1. The Hall–Kier alpha value is -1.11. The van der Waals surface area contributed by atoms with Crippen molar-refractivity contribution in [2.45, 2.75) is 62.8 Å². The fraction of sp³-hybridized carbons (Fsp3) is 0.611. The van der Waals surface area contributed by atoms with Gasteiger partial charge in [0.1, 0.15) is 6.04 Å². The number of nitrogens with one attached hydrogen (secondary N) is 1. The van der Waals surface area contributed by atoms with Crippen molar-refractivity contribution in [1.29, 1.82) is 0 Å². The summed E-state index contributed by atoms with van der Waals surface area (Å²) in [6.07, 6.45) is 6.13. The number of halogens is 1. The fourth-order valence-electron chi connectivity index (χ4n) is 3.08. The Morgan fingerprint density at radius 1 is 1.16 bits per heavy atom. The molecule has 1 saturated heterocycles. The summed E-state index contributed by atoms with van der Waals surface area (Å²) >= 11 is 5.88. The van der Waals surface area contributed by atoms with Crippen LogP contribution in [-0.4, -0.2) is 37.8 Å². The summed E-state index contributed by atoms with van der Waals surface area (Å²) in [5.74, 6) is -0.189. The van der Waals surface area contributed by atoms with E-state index in [-0.39, 0.29) is 10.8 Å². The van der Waals surface area contributed by atoms with Gasteiger partial charge in [0.15, 0.2) is 0 Å². The molecule has 1 aromatic carbocycles. The van der Waals surface area contributed by atoms with Gasteiger partial charge in [0.05, 0.1) is 4.90 Å². The third kappa shape index (κ3) is 5.43. The number of unbranched alkanes of at least 4 members (excludes halogenated alkanes) is 3. The Morgan fingerprint density at radius 2 is 1.88 bits per heavy atom. The average molecular weight is 387 g/mol. The van der Waals surface area contributed by atoms with E-state index in [1.54, 1.807) is 12.1 Å². The highest BCUT2D eigenvalue weighted by molar-refractivity contribution is 7.89. The highest BCUT2D eigenvalue weighted by atomic mass is 35.5. The molecule has 0 radical (unpaired) electrons. The number of carbonyl (C=O) groups is 1. The van der Waals surface area contributed by atoms with Crippen LogP contribution in [-0.2, 0) is 14.8 Å². The van der Waals surface area contributed by atoms with Crippen LogP contribution in [0.25, 0.3) is 0 Å². The minimum Gasteiger partial charge on any atom is -0.355 e. The summed E-state index contributed by atoms with van der Waals surface area (Å²) in [6.45, 7) is 3.09. The number of sulfonamides is 1. The molecule has 5 nitrogen and oxygen atoms in total. The lowest BCUT2D eigenvalue weighted by Gasteiger charge is -2.29. The molecule has 0 spiro atoms. The van der Waals surface area contributed by atoms with Gasteiger partial charge in [-0.2, -0.15) is 4.31 Å². The van der Waals surface area contributed by atoms with Gasteiger partial charge in [-0.05, 0) is 49.9 Å². The second kappa shape index (κ2) is 9.55. The van der Waals surface area contributed by atoms with Crippen LogP contribution in [0.5, 0.6) is 0 Å². The topological polar surface area (TPSA) is 66.5 Å². The largest absolute Gasteiger partial charge is 0.355 e. The fourth-order valence-corrected chi connectivity index (χ4v) is 4.86. The lowest BCUT2D eigenvalue weighted by molar-refractivity contribution is -0.124. The van der Waals surface area contributed by atoms with Crippen LogP contribution in [0.1, 0.15) is 51.9 Å². The van der Waals surface area contributed by atoms with E-state index in [1.807, 2.05) is 0 Å². The SMILES string of the molecule is CCCCCCN(C1CCCCNC1=O)S(=O)(=O)c1ccc(Cl)cc1. The molecule has 1 aliphatic heterocycles. The van der Waals surface area contributed by atoms with Crippen molar-refractivity contribution < 1.29 is 13.2 Å². The van der Waals surface area contributed by atoms with Gasteiger partial charge < -0.3 is 5.32 Å². The van der Waals surface area contributed by atoms with Crippen molar-refractivity contribution in [2.75, 3.05) is 13.1 Å². The molecule has 0 saturated carbocycles. The lowest BCUT2D eigenvalue weighted by Crippen LogP contribution is -2.49. The molecule has 1 amide bonds. The van der Waals surface area contributed by atoms with E-state index in [9.17, 15) is 13.2 Å². The summed E-state index contributed by atoms with van der Waals surface area (Å²) < 4.78 is 27.7. The molecule has 140 valence electrons. The molecule has 0 aromatic heterocycles. The Balaban J connectivity index is 2.28. The molecule has 1 N–H and O–H groups in total. The van der Waals surface area contributed by atoms with Gasteiger partial charge in [0, 0.05) is 18.1 Å².